The van der Waals surface area contributed by atoms with Gasteiger partial charge in [-0.25, -0.2) is 0 Å². The molecule has 2 aromatic rings. The Morgan fingerprint density at radius 1 is 1.22 bits per heavy atom. The van der Waals surface area contributed by atoms with E-state index in [1.54, 1.807) is 6.07 Å². The molecule has 1 aromatic heterocycles. The van der Waals surface area contributed by atoms with Crippen molar-refractivity contribution < 1.29 is 9.53 Å². The summed E-state index contributed by atoms with van der Waals surface area (Å²) in [6.07, 6.45) is 3.39. The first-order valence-corrected chi connectivity index (χ1v) is 6.49. The largest absolute Gasteiger partial charge is 0.466 e. The summed E-state index contributed by atoms with van der Waals surface area (Å²) in [6, 6.07) is 11.4. The van der Waals surface area contributed by atoms with Crippen molar-refractivity contribution in [3.63, 3.8) is 0 Å². The lowest BCUT2D eigenvalue weighted by Gasteiger charge is -2.21. The lowest BCUT2D eigenvalue weighted by atomic mass is 10.1. The van der Waals surface area contributed by atoms with Gasteiger partial charge in [0.25, 0.3) is 5.91 Å². The van der Waals surface area contributed by atoms with Gasteiger partial charge in [-0.3, -0.25) is 4.79 Å². The van der Waals surface area contributed by atoms with Gasteiger partial charge in [0.2, 0.25) is 0 Å². The van der Waals surface area contributed by atoms with E-state index in [-0.39, 0.29) is 5.91 Å². The number of benzene rings is 1. The van der Waals surface area contributed by atoms with Gasteiger partial charge in [0.05, 0.1) is 4.88 Å². The highest BCUT2D eigenvalue weighted by Gasteiger charge is 2.17. The lowest BCUT2D eigenvalue weighted by Crippen LogP contribution is -2.38. The molecule has 3 nitrogen and oxygen atoms in total. The molecule has 0 bridgehead atoms. The Kier molecular flexibility index (Phi) is 2.86. The fourth-order valence-corrected chi connectivity index (χ4v) is 2.41. The van der Waals surface area contributed by atoms with Crippen LogP contribution in [0, 0.1) is 0 Å². The van der Waals surface area contributed by atoms with Crippen molar-refractivity contribution in [3.8, 4) is 5.75 Å². The Bertz CT molecular complexity index is 590. The van der Waals surface area contributed by atoms with Crippen molar-refractivity contribution in [3.05, 3.63) is 58.3 Å². The lowest BCUT2D eigenvalue weighted by molar-refractivity contribution is 0.0879. The molecule has 18 heavy (non-hydrogen) atoms. The first-order chi connectivity index (χ1) is 8.83. The molecule has 0 aliphatic carbocycles. The minimum Gasteiger partial charge on any atom is -0.466 e. The molecule has 2 heterocycles. The number of fused-ring (bicyclic) bond motifs is 1. The van der Waals surface area contributed by atoms with Gasteiger partial charge in [-0.2, -0.15) is 0 Å². The second-order valence-electron chi connectivity index (χ2n) is 3.89. The molecule has 3 rings (SSSR count). The van der Waals surface area contributed by atoms with Gasteiger partial charge in [-0.15, -0.1) is 11.3 Å². The summed E-state index contributed by atoms with van der Waals surface area (Å²) < 4.78 is 5.69. The van der Waals surface area contributed by atoms with Crippen LogP contribution in [-0.2, 0) is 0 Å². The normalized spacial score (nSPS) is 16.8. The SMILES string of the molecule is O=C(NC1C=Cc2ccccc2O1)c1cccs1. The zero-order valence-corrected chi connectivity index (χ0v) is 10.3. The molecule has 1 aromatic carbocycles. The fourth-order valence-electron chi connectivity index (χ4n) is 1.78. The van der Waals surface area contributed by atoms with Crippen LogP contribution in [0.25, 0.3) is 6.08 Å². The van der Waals surface area contributed by atoms with Gasteiger partial charge in [0.1, 0.15) is 5.75 Å². The van der Waals surface area contributed by atoms with E-state index in [2.05, 4.69) is 5.32 Å². The first-order valence-electron chi connectivity index (χ1n) is 5.61. The highest BCUT2D eigenvalue weighted by atomic mass is 32.1. The number of rotatable bonds is 2. The van der Waals surface area contributed by atoms with Crippen LogP contribution in [-0.4, -0.2) is 12.1 Å². The molecule has 4 heteroatoms. The van der Waals surface area contributed by atoms with E-state index in [1.807, 2.05) is 47.9 Å². The zero-order chi connectivity index (χ0) is 12.4. The van der Waals surface area contributed by atoms with Crippen molar-refractivity contribution in [1.82, 2.24) is 5.32 Å². The van der Waals surface area contributed by atoms with Crippen molar-refractivity contribution >= 4 is 23.3 Å². The predicted molar refractivity (Wildman–Crippen MR) is 71.7 cm³/mol. The molecule has 0 spiro atoms. The maximum atomic E-state index is 11.9. The molecule has 0 saturated heterocycles. The van der Waals surface area contributed by atoms with Gasteiger partial charge >= 0.3 is 0 Å². The van der Waals surface area contributed by atoms with Crippen LogP contribution in [0.1, 0.15) is 15.2 Å². The average molecular weight is 257 g/mol. The van der Waals surface area contributed by atoms with Crippen LogP contribution in [0.4, 0.5) is 0 Å². The Balaban J connectivity index is 1.72. The molecular formula is C14H11NO2S. The van der Waals surface area contributed by atoms with Crippen LogP contribution >= 0.6 is 11.3 Å². The molecular weight excluding hydrogens is 246 g/mol. The molecule has 1 unspecified atom stereocenters. The highest BCUT2D eigenvalue weighted by molar-refractivity contribution is 7.12. The number of amides is 1. The van der Waals surface area contributed by atoms with Gasteiger partial charge in [0, 0.05) is 5.56 Å². The van der Waals surface area contributed by atoms with Crippen molar-refractivity contribution in [2.75, 3.05) is 0 Å². The minimum absolute atomic E-state index is 0.112. The standard InChI is InChI=1S/C14H11NO2S/c16-14(12-6-3-9-18-12)15-13-8-7-10-4-1-2-5-11(10)17-13/h1-9,13H,(H,15,16). The number of hydrogen-bond donors (Lipinski definition) is 1. The summed E-state index contributed by atoms with van der Waals surface area (Å²) in [5.41, 5.74) is 1.03. The number of carbonyl (C=O) groups excluding carboxylic acids is 1. The second-order valence-corrected chi connectivity index (χ2v) is 4.83. The Hall–Kier alpha value is -2.07. The summed E-state index contributed by atoms with van der Waals surface area (Å²) in [5, 5.41) is 4.70. The third kappa shape index (κ3) is 2.15. The number of ether oxygens (including phenoxy) is 1. The summed E-state index contributed by atoms with van der Waals surface area (Å²) >= 11 is 1.41. The molecule has 1 aliphatic rings. The number of para-hydroxylation sites is 1. The number of thiophene rings is 1. The average Bonchev–Trinajstić information content (AvgIpc) is 2.92. The molecule has 0 saturated carbocycles. The molecule has 90 valence electrons. The minimum atomic E-state index is -0.408. The topological polar surface area (TPSA) is 38.3 Å². The van der Waals surface area contributed by atoms with Crippen LogP contribution < -0.4 is 10.1 Å². The van der Waals surface area contributed by atoms with Crippen molar-refractivity contribution in [2.45, 2.75) is 6.23 Å². The van der Waals surface area contributed by atoms with Gasteiger partial charge in [0.15, 0.2) is 6.23 Å². The van der Waals surface area contributed by atoms with Crippen LogP contribution in [0.5, 0.6) is 5.75 Å². The van der Waals surface area contributed by atoms with Crippen LogP contribution in [0.3, 0.4) is 0 Å². The van der Waals surface area contributed by atoms with Crippen LogP contribution in [0.2, 0.25) is 0 Å². The molecule has 1 amide bonds. The Morgan fingerprint density at radius 2 is 2.11 bits per heavy atom. The molecule has 0 fully saturated rings. The van der Waals surface area contributed by atoms with E-state index in [4.69, 9.17) is 4.74 Å². The monoisotopic (exact) mass is 257 g/mol. The van der Waals surface area contributed by atoms with E-state index in [0.29, 0.717) is 4.88 Å². The Labute approximate surface area is 109 Å². The number of nitrogens with one attached hydrogen (secondary N) is 1. The number of carbonyl (C=O) groups is 1. The summed E-state index contributed by atoms with van der Waals surface area (Å²) in [7, 11) is 0. The Morgan fingerprint density at radius 3 is 2.94 bits per heavy atom. The third-order valence-corrected chi connectivity index (χ3v) is 3.51. The fraction of sp³-hybridized carbons (Fsp3) is 0.0714. The summed E-state index contributed by atoms with van der Waals surface area (Å²) in [6.45, 7) is 0. The highest BCUT2D eigenvalue weighted by Crippen LogP contribution is 2.24. The predicted octanol–water partition coefficient (Wildman–Crippen LogP) is 2.91. The summed E-state index contributed by atoms with van der Waals surface area (Å²) in [4.78, 5) is 12.6. The molecule has 1 N–H and O–H groups in total. The molecule has 1 atom stereocenters. The van der Waals surface area contributed by atoms with E-state index in [0.717, 1.165) is 11.3 Å². The van der Waals surface area contributed by atoms with Gasteiger partial charge < -0.3 is 10.1 Å². The van der Waals surface area contributed by atoms with Gasteiger partial charge in [-0.05, 0) is 29.7 Å². The number of hydrogen-bond acceptors (Lipinski definition) is 3. The van der Waals surface area contributed by atoms with Gasteiger partial charge in [-0.1, -0.05) is 24.3 Å². The van der Waals surface area contributed by atoms with Crippen LogP contribution in [0.15, 0.2) is 47.9 Å². The first kappa shape index (κ1) is 11.0. The van der Waals surface area contributed by atoms with E-state index in [9.17, 15) is 4.79 Å². The molecule has 1 aliphatic heterocycles. The second kappa shape index (κ2) is 4.66. The van der Waals surface area contributed by atoms with E-state index >= 15 is 0 Å². The third-order valence-electron chi connectivity index (χ3n) is 2.64. The van der Waals surface area contributed by atoms with Crippen molar-refractivity contribution in [1.29, 1.82) is 0 Å². The van der Waals surface area contributed by atoms with E-state index < -0.39 is 6.23 Å². The van der Waals surface area contributed by atoms with E-state index in [1.165, 1.54) is 11.3 Å². The zero-order valence-electron chi connectivity index (χ0n) is 9.50. The maximum Gasteiger partial charge on any atom is 0.264 e. The smallest absolute Gasteiger partial charge is 0.264 e. The van der Waals surface area contributed by atoms with Crippen molar-refractivity contribution in [2.24, 2.45) is 0 Å². The quantitative estimate of drug-likeness (QED) is 0.898. The summed E-state index contributed by atoms with van der Waals surface area (Å²) in [5.74, 6) is 0.676. The molecule has 0 radical (unpaired) electrons. The maximum absolute atomic E-state index is 11.9.